The average molecular weight is 357 g/mol. The van der Waals surface area contributed by atoms with Gasteiger partial charge in [0.1, 0.15) is 18.1 Å². The molecule has 7 heteroatoms. The van der Waals surface area contributed by atoms with Crippen molar-refractivity contribution in [1.82, 2.24) is 0 Å². The number of ether oxygens (including phenoxy) is 4. The van der Waals surface area contributed by atoms with E-state index in [-0.39, 0.29) is 24.2 Å². The van der Waals surface area contributed by atoms with Crippen molar-refractivity contribution in [3.63, 3.8) is 0 Å². The summed E-state index contributed by atoms with van der Waals surface area (Å²) in [7, 11) is 0. The predicted molar refractivity (Wildman–Crippen MR) is 93.1 cm³/mol. The van der Waals surface area contributed by atoms with Crippen LogP contribution in [-0.2, 0) is 4.74 Å². The van der Waals surface area contributed by atoms with E-state index >= 15 is 0 Å². The highest BCUT2D eigenvalue weighted by molar-refractivity contribution is 6.06. The van der Waals surface area contributed by atoms with Crippen LogP contribution in [0.5, 0.6) is 23.0 Å². The van der Waals surface area contributed by atoms with Gasteiger partial charge in [-0.15, -0.1) is 0 Å². The maximum Gasteiger partial charge on any atom is 0.259 e. The summed E-state index contributed by atoms with van der Waals surface area (Å²) in [6, 6.07) is 9.93. The van der Waals surface area contributed by atoms with Gasteiger partial charge in [-0.1, -0.05) is 6.07 Å². The van der Waals surface area contributed by atoms with Crippen molar-refractivity contribution in [2.45, 2.75) is 18.9 Å². The number of aromatic hydroxyl groups is 1. The summed E-state index contributed by atoms with van der Waals surface area (Å²) in [4.78, 5) is 12.5. The van der Waals surface area contributed by atoms with Crippen molar-refractivity contribution in [2.24, 2.45) is 0 Å². The normalized spacial score (nSPS) is 17.9. The van der Waals surface area contributed by atoms with Crippen LogP contribution in [0.3, 0.4) is 0 Å². The molecule has 0 bridgehead atoms. The van der Waals surface area contributed by atoms with Crippen LogP contribution in [-0.4, -0.2) is 37.1 Å². The third-order valence-corrected chi connectivity index (χ3v) is 4.29. The van der Waals surface area contributed by atoms with Gasteiger partial charge in [0, 0.05) is 30.5 Å². The van der Waals surface area contributed by atoms with Crippen molar-refractivity contribution in [3.8, 4) is 23.0 Å². The summed E-state index contributed by atoms with van der Waals surface area (Å²) in [6.45, 7) is 1.34. The Kier molecular flexibility index (Phi) is 4.53. The number of anilines is 1. The van der Waals surface area contributed by atoms with Gasteiger partial charge < -0.3 is 29.4 Å². The number of amides is 1. The highest BCUT2D eigenvalue weighted by atomic mass is 16.7. The second-order valence-electron chi connectivity index (χ2n) is 6.15. The average Bonchev–Trinajstić information content (AvgIpc) is 3.30. The summed E-state index contributed by atoms with van der Waals surface area (Å²) in [5.74, 6) is 0.882. The fraction of sp³-hybridized carbons (Fsp3) is 0.316. The fourth-order valence-electron chi connectivity index (χ4n) is 2.94. The highest BCUT2D eigenvalue weighted by Crippen LogP contribution is 2.37. The zero-order valence-electron chi connectivity index (χ0n) is 14.1. The van der Waals surface area contributed by atoms with Crippen molar-refractivity contribution in [3.05, 3.63) is 42.0 Å². The van der Waals surface area contributed by atoms with Gasteiger partial charge in [0.15, 0.2) is 11.5 Å². The van der Waals surface area contributed by atoms with E-state index in [0.29, 0.717) is 29.5 Å². The molecule has 0 radical (unpaired) electrons. The summed E-state index contributed by atoms with van der Waals surface area (Å²) in [6.07, 6.45) is 2.18. The van der Waals surface area contributed by atoms with Gasteiger partial charge >= 0.3 is 0 Å². The summed E-state index contributed by atoms with van der Waals surface area (Å²) in [5, 5.41) is 12.8. The van der Waals surface area contributed by atoms with Crippen molar-refractivity contribution in [2.75, 3.05) is 25.3 Å². The molecule has 0 unspecified atom stereocenters. The van der Waals surface area contributed by atoms with Crippen molar-refractivity contribution in [1.29, 1.82) is 0 Å². The number of fused-ring (bicyclic) bond motifs is 1. The molecule has 0 spiro atoms. The molecule has 0 aromatic heterocycles. The number of phenols is 1. The Morgan fingerprint density at radius 3 is 2.88 bits per heavy atom. The molecular weight excluding hydrogens is 338 g/mol. The number of benzene rings is 2. The number of rotatable bonds is 5. The van der Waals surface area contributed by atoms with Crippen LogP contribution in [0.25, 0.3) is 0 Å². The summed E-state index contributed by atoms with van der Waals surface area (Å²) >= 11 is 0. The smallest absolute Gasteiger partial charge is 0.259 e. The molecule has 2 aromatic rings. The van der Waals surface area contributed by atoms with E-state index in [2.05, 4.69) is 5.32 Å². The third kappa shape index (κ3) is 3.52. The van der Waals surface area contributed by atoms with Crippen LogP contribution in [0.2, 0.25) is 0 Å². The molecule has 0 aliphatic carbocycles. The molecule has 2 aliphatic heterocycles. The van der Waals surface area contributed by atoms with E-state index in [1.165, 1.54) is 12.1 Å². The van der Waals surface area contributed by atoms with Crippen molar-refractivity contribution >= 4 is 11.6 Å². The first-order valence-corrected chi connectivity index (χ1v) is 8.47. The number of hydrogen-bond donors (Lipinski definition) is 2. The standard InChI is InChI=1S/C19H19NO6/c21-16-9-18-17(25-11-26-18)8-15(16)19(22)20-12-3-1-4-13(7-12)24-10-14-5-2-6-23-14/h1,3-4,7-9,14,21H,2,5-6,10-11H2,(H,20,22)/t14-/m1/s1. The second kappa shape index (κ2) is 7.13. The van der Waals surface area contributed by atoms with Gasteiger partial charge in [-0.05, 0) is 25.0 Å². The zero-order chi connectivity index (χ0) is 17.9. The molecule has 0 saturated carbocycles. The largest absolute Gasteiger partial charge is 0.507 e. The zero-order valence-corrected chi connectivity index (χ0v) is 14.1. The minimum Gasteiger partial charge on any atom is -0.507 e. The first kappa shape index (κ1) is 16.5. The molecule has 2 N–H and O–H groups in total. The van der Waals surface area contributed by atoms with Crippen LogP contribution in [0.1, 0.15) is 23.2 Å². The maximum atomic E-state index is 12.5. The number of nitrogens with one attached hydrogen (secondary N) is 1. The Morgan fingerprint density at radius 2 is 2.08 bits per heavy atom. The molecule has 1 saturated heterocycles. The Morgan fingerprint density at radius 1 is 1.23 bits per heavy atom. The maximum absolute atomic E-state index is 12.5. The number of hydrogen-bond acceptors (Lipinski definition) is 6. The first-order valence-electron chi connectivity index (χ1n) is 8.47. The molecular formula is C19H19NO6. The molecule has 1 atom stereocenters. The third-order valence-electron chi connectivity index (χ3n) is 4.29. The highest BCUT2D eigenvalue weighted by Gasteiger charge is 2.21. The van der Waals surface area contributed by atoms with Crippen LogP contribution < -0.4 is 19.5 Å². The lowest BCUT2D eigenvalue weighted by molar-refractivity contribution is 0.0680. The molecule has 2 heterocycles. The van der Waals surface area contributed by atoms with Crippen LogP contribution in [0.15, 0.2) is 36.4 Å². The summed E-state index contributed by atoms with van der Waals surface area (Å²) in [5.41, 5.74) is 0.678. The number of phenolic OH excluding ortho intramolecular Hbond substituents is 1. The molecule has 4 rings (SSSR count). The first-order chi connectivity index (χ1) is 12.7. The van der Waals surface area contributed by atoms with E-state index in [1.54, 1.807) is 18.2 Å². The van der Waals surface area contributed by atoms with Crippen molar-refractivity contribution < 1.29 is 28.8 Å². The lowest BCUT2D eigenvalue weighted by Gasteiger charge is -2.13. The Hall–Kier alpha value is -2.93. The van der Waals surface area contributed by atoms with Crippen LogP contribution in [0.4, 0.5) is 5.69 Å². The van der Waals surface area contributed by atoms with Gasteiger partial charge in [-0.3, -0.25) is 4.79 Å². The number of carbonyl (C=O) groups is 1. The molecule has 7 nitrogen and oxygen atoms in total. The van der Waals surface area contributed by atoms with E-state index in [0.717, 1.165) is 19.4 Å². The number of carbonyl (C=O) groups excluding carboxylic acids is 1. The fourth-order valence-corrected chi connectivity index (χ4v) is 2.94. The van der Waals surface area contributed by atoms with E-state index in [1.807, 2.05) is 6.07 Å². The SMILES string of the molecule is O=C(Nc1cccc(OC[C@H]2CCCO2)c1)c1cc2c(cc1O)OCO2. The molecule has 2 aliphatic rings. The Bertz CT molecular complexity index is 816. The second-order valence-corrected chi connectivity index (χ2v) is 6.15. The minimum absolute atomic E-state index is 0.0734. The minimum atomic E-state index is -0.447. The molecule has 1 amide bonds. The van der Waals surface area contributed by atoms with Gasteiger partial charge in [0.25, 0.3) is 5.91 Å². The Labute approximate surface area is 150 Å². The van der Waals surface area contributed by atoms with E-state index in [9.17, 15) is 9.90 Å². The van der Waals surface area contributed by atoms with E-state index < -0.39 is 5.91 Å². The topological polar surface area (TPSA) is 86.3 Å². The van der Waals surface area contributed by atoms with Gasteiger partial charge in [0.05, 0.1) is 11.7 Å². The van der Waals surface area contributed by atoms with E-state index in [4.69, 9.17) is 18.9 Å². The van der Waals surface area contributed by atoms with Crippen LogP contribution >= 0.6 is 0 Å². The summed E-state index contributed by atoms with van der Waals surface area (Å²) < 4.78 is 21.7. The van der Waals surface area contributed by atoms with Gasteiger partial charge in [-0.25, -0.2) is 0 Å². The monoisotopic (exact) mass is 357 g/mol. The van der Waals surface area contributed by atoms with Gasteiger partial charge in [-0.2, -0.15) is 0 Å². The quantitative estimate of drug-likeness (QED) is 0.856. The molecule has 1 fully saturated rings. The predicted octanol–water partition coefficient (Wildman–Crippen LogP) is 2.93. The lowest BCUT2D eigenvalue weighted by atomic mass is 10.1. The van der Waals surface area contributed by atoms with Gasteiger partial charge in [0.2, 0.25) is 6.79 Å². The van der Waals surface area contributed by atoms with Crippen LogP contribution in [0, 0.1) is 0 Å². The Balaban J connectivity index is 1.43. The lowest BCUT2D eigenvalue weighted by Crippen LogP contribution is -2.16. The molecule has 2 aromatic carbocycles. The molecule has 26 heavy (non-hydrogen) atoms. The molecule has 136 valence electrons.